The normalized spacial score (nSPS) is 9.73. The monoisotopic (exact) mass is 153 g/mol. The molecule has 11 heavy (non-hydrogen) atoms. The summed E-state index contributed by atoms with van der Waals surface area (Å²) in [6.07, 6.45) is 0. The van der Waals surface area contributed by atoms with Gasteiger partial charge in [-0.1, -0.05) is 0 Å². The molecule has 0 radical (unpaired) electrons. The van der Waals surface area contributed by atoms with E-state index in [0.29, 0.717) is 16.8 Å². The summed E-state index contributed by atoms with van der Waals surface area (Å²) in [5.41, 5.74) is 1.50. The Morgan fingerprint density at radius 2 is 1.73 bits per heavy atom. The average Bonchev–Trinajstić information content (AvgIpc) is 1.85. The Hall–Kier alpha value is -1.25. The maximum Gasteiger partial charge on any atom is 0.123 e. The van der Waals surface area contributed by atoms with Gasteiger partial charge in [0.1, 0.15) is 11.5 Å². The number of hydrogen-bond acceptors (Lipinski definition) is 2. The van der Waals surface area contributed by atoms with E-state index in [1.807, 2.05) is 0 Å². The fraction of sp³-hybridized carbons (Fsp3) is 0.250. The minimum absolute atomic E-state index is 0.326. The molecule has 0 aliphatic rings. The Kier molecular flexibility index (Phi) is 1.98. The molecule has 0 heterocycles. The van der Waals surface area contributed by atoms with E-state index in [0.717, 1.165) is 0 Å². The van der Waals surface area contributed by atoms with Gasteiger partial charge in [-0.2, -0.15) is 0 Å². The highest BCUT2D eigenvalue weighted by molar-refractivity contribution is 5.51. The van der Waals surface area contributed by atoms with Gasteiger partial charge in [0, 0.05) is 0 Å². The van der Waals surface area contributed by atoms with E-state index in [2.05, 4.69) is 5.18 Å². The lowest BCUT2D eigenvalue weighted by Gasteiger charge is -2.00. The number of nitroso groups, excluding NO2 is 1. The molecule has 0 amide bonds. The Morgan fingerprint density at radius 3 is 2.09 bits per heavy atom. The third-order valence-electron chi connectivity index (χ3n) is 1.55. The fourth-order valence-electron chi connectivity index (χ4n) is 1.05. The first-order valence-corrected chi connectivity index (χ1v) is 3.25. The molecule has 3 heteroatoms. The van der Waals surface area contributed by atoms with Crippen LogP contribution in [0.4, 0.5) is 10.1 Å². The van der Waals surface area contributed by atoms with Gasteiger partial charge in [-0.3, -0.25) is 0 Å². The Bertz CT molecular complexity index is 273. The van der Waals surface area contributed by atoms with Crippen molar-refractivity contribution in [3.63, 3.8) is 0 Å². The van der Waals surface area contributed by atoms with Crippen LogP contribution in [0.2, 0.25) is 0 Å². The molecule has 1 rings (SSSR count). The molecule has 0 aliphatic carbocycles. The molecule has 0 saturated carbocycles. The van der Waals surface area contributed by atoms with Gasteiger partial charge < -0.3 is 0 Å². The van der Waals surface area contributed by atoms with E-state index in [-0.39, 0.29) is 5.82 Å². The maximum absolute atomic E-state index is 12.6. The van der Waals surface area contributed by atoms with Crippen molar-refractivity contribution >= 4 is 5.69 Å². The third kappa shape index (κ3) is 1.42. The minimum atomic E-state index is -0.326. The molecule has 2 nitrogen and oxygen atoms in total. The summed E-state index contributed by atoms with van der Waals surface area (Å²) in [7, 11) is 0. The standard InChI is InChI=1S/C8H8FNO/c1-5-3-7(9)4-6(2)8(5)10-11/h3-4H,1-2H3. The molecule has 0 atom stereocenters. The van der Waals surface area contributed by atoms with Gasteiger partial charge in [0.2, 0.25) is 0 Å². The van der Waals surface area contributed by atoms with Crippen molar-refractivity contribution < 1.29 is 4.39 Å². The van der Waals surface area contributed by atoms with Crippen LogP contribution >= 0.6 is 0 Å². The van der Waals surface area contributed by atoms with E-state index in [1.165, 1.54) is 12.1 Å². The number of benzene rings is 1. The van der Waals surface area contributed by atoms with Crippen molar-refractivity contribution in [3.8, 4) is 0 Å². The van der Waals surface area contributed by atoms with E-state index in [1.54, 1.807) is 13.8 Å². The van der Waals surface area contributed by atoms with E-state index < -0.39 is 0 Å². The van der Waals surface area contributed by atoms with E-state index >= 15 is 0 Å². The van der Waals surface area contributed by atoms with Crippen LogP contribution in [0.15, 0.2) is 17.3 Å². The summed E-state index contributed by atoms with van der Waals surface area (Å²) in [4.78, 5) is 10.2. The van der Waals surface area contributed by atoms with E-state index in [9.17, 15) is 9.30 Å². The minimum Gasteiger partial charge on any atom is -0.207 e. The van der Waals surface area contributed by atoms with Gasteiger partial charge in [0.05, 0.1) is 0 Å². The molecular weight excluding hydrogens is 145 g/mol. The van der Waals surface area contributed by atoms with Crippen molar-refractivity contribution in [2.24, 2.45) is 5.18 Å². The first kappa shape index (κ1) is 7.85. The highest BCUT2D eigenvalue weighted by atomic mass is 19.1. The summed E-state index contributed by atoms with van der Waals surface area (Å²) >= 11 is 0. The maximum atomic E-state index is 12.6. The zero-order chi connectivity index (χ0) is 8.43. The second kappa shape index (κ2) is 2.78. The van der Waals surface area contributed by atoms with Crippen LogP contribution in [0.1, 0.15) is 11.1 Å². The number of aryl methyl sites for hydroxylation is 2. The molecule has 0 bridgehead atoms. The number of nitrogens with zero attached hydrogens (tertiary/aromatic N) is 1. The molecule has 0 saturated heterocycles. The Morgan fingerprint density at radius 1 is 1.27 bits per heavy atom. The van der Waals surface area contributed by atoms with Crippen LogP contribution in [0.5, 0.6) is 0 Å². The summed E-state index contributed by atoms with van der Waals surface area (Å²) in [5.74, 6) is -0.326. The van der Waals surface area contributed by atoms with Gasteiger partial charge in [-0.15, -0.1) is 4.91 Å². The predicted molar refractivity (Wildman–Crippen MR) is 41.3 cm³/mol. The van der Waals surface area contributed by atoms with Crippen molar-refractivity contribution in [2.75, 3.05) is 0 Å². The molecule has 0 N–H and O–H groups in total. The van der Waals surface area contributed by atoms with E-state index in [4.69, 9.17) is 0 Å². The van der Waals surface area contributed by atoms with Gasteiger partial charge in [0.25, 0.3) is 0 Å². The highest BCUT2D eigenvalue weighted by Gasteiger charge is 2.03. The molecule has 0 aromatic heterocycles. The molecule has 1 aromatic carbocycles. The van der Waals surface area contributed by atoms with Gasteiger partial charge in [0.15, 0.2) is 0 Å². The van der Waals surface area contributed by atoms with Crippen LogP contribution in [-0.4, -0.2) is 0 Å². The Balaban J connectivity index is 3.36. The summed E-state index contributed by atoms with van der Waals surface area (Å²) < 4.78 is 12.6. The van der Waals surface area contributed by atoms with Crippen LogP contribution in [0.3, 0.4) is 0 Å². The van der Waals surface area contributed by atoms with Crippen molar-refractivity contribution in [1.82, 2.24) is 0 Å². The molecular formula is C8H8FNO. The lowest BCUT2D eigenvalue weighted by molar-refractivity contribution is 0.625. The second-order valence-electron chi connectivity index (χ2n) is 2.48. The smallest absolute Gasteiger partial charge is 0.123 e. The molecule has 0 fully saturated rings. The van der Waals surface area contributed by atoms with Gasteiger partial charge >= 0.3 is 0 Å². The SMILES string of the molecule is Cc1cc(F)cc(C)c1N=O. The van der Waals surface area contributed by atoms with Crippen LogP contribution in [0, 0.1) is 24.6 Å². The quantitative estimate of drug-likeness (QED) is 0.570. The number of hydrogen-bond donors (Lipinski definition) is 0. The topological polar surface area (TPSA) is 29.4 Å². The van der Waals surface area contributed by atoms with Gasteiger partial charge in [-0.25, -0.2) is 4.39 Å². The number of rotatable bonds is 1. The molecule has 58 valence electrons. The lowest BCUT2D eigenvalue weighted by atomic mass is 10.1. The molecule has 0 spiro atoms. The largest absolute Gasteiger partial charge is 0.207 e. The second-order valence-corrected chi connectivity index (χ2v) is 2.48. The van der Waals surface area contributed by atoms with Crippen LogP contribution in [-0.2, 0) is 0 Å². The average molecular weight is 153 g/mol. The molecule has 0 aliphatic heterocycles. The van der Waals surface area contributed by atoms with Crippen molar-refractivity contribution in [2.45, 2.75) is 13.8 Å². The summed E-state index contributed by atoms with van der Waals surface area (Å²) in [6, 6.07) is 2.59. The van der Waals surface area contributed by atoms with Gasteiger partial charge in [-0.05, 0) is 42.3 Å². The van der Waals surface area contributed by atoms with Crippen molar-refractivity contribution in [3.05, 3.63) is 34.0 Å². The fourth-order valence-corrected chi connectivity index (χ4v) is 1.05. The van der Waals surface area contributed by atoms with Crippen LogP contribution in [0.25, 0.3) is 0 Å². The highest BCUT2D eigenvalue weighted by Crippen LogP contribution is 2.23. The first-order valence-electron chi connectivity index (χ1n) is 3.25. The zero-order valence-electron chi connectivity index (χ0n) is 6.39. The lowest BCUT2D eigenvalue weighted by Crippen LogP contribution is -1.82. The number of halogens is 1. The Labute approximate surface area is 64.0 Å². The first-order chi connectivity index (χ1) is 5.15. The predicted octanol–water partition coefficient (Wildman–Crippen LogP) is 2.84. The van der Waals surface area contributed by atoms with Crippen LogP contribution < -0.4 is 0 Å². The third-order valence-corrected chi connectivity index (χ3v) is 1.55. The molecule has 1 aromatic rings. The van der Waals surface area contributed by atoms with Crippen molar-refractivity contribution in [1.29, 1.82) is 0 Å². The summed E-state index contributed by atoms with van der Waals surface area (Å²) in [6.45, 7) is 3.32. The summed E-state index contributed by atoms with van der Waals surface area (Å²) in [5, 5.41) is 2.79. The molecule has 0 unspecified atom stereocenters. The zero-order valence-corrected chi connectivity index (χ0v) is 6.39.